The molecule has 1 aliphatic carbocycles. The molecule has 2 heterocycles. The van der Waals surface area contributed by atoms with Gasteiger partial charge in [-0.3, -0.25) is 4.40 Å². The van der Waals surface area contributed by atoms with Crippen LogP contribution in [0.25, 0.3) is 5.65 Å². The smallest absolute Gasteiger partial charge is 0.191 e. The molecule has 0 spiro atoms. The molecule has 2 unspecified atom stereocenters. The van der Waals surface area contributed by atoms with E-state index < -0.39 is 0 Å². The first-order valence-corrected chi connectivity index (χ1v) is 8.42. The Hall–Kier alpha value is -2.15. The molecule has 2 N–H and O–H groups in total. The number of methoxy groups -OCH3 is 1. The van der Waals surface area contributed by atoms with Gasteiger partial charge in [0.2, 0.25) is 0 Å². The van der Waals surface area contributed by atoms with Gasteiger partial charge < -0.3 is 15.4 Å². The molecule has 1 aliphatic rings. The van der Waals surface area contributed by atoms with E-state index in [0.29, 0.717) is 18.7 Å². The van der Waals surface area contributed by atoms with E-state index in [-0.39, 0.29) is 5.41 Å². The van der Waals surface area contributed by atoms with Gasteiger partial charge >= 0.3 is 0 Å². The van der Waals surface area contributed by atoms with Crippen molar-refractivity contribution in [2.75, 3.05) is 13.7 Å². The third-order valence-corrected chi connectivity index (χ3v) is 4.88. The Morgan fingerprint density at radius 2 is 2.25 bits per heavy atom. The third kappa shape index (κ3) is 3.08. The molecule has 0 saturated heterocycles. The van der Waals surface area contributed by atoms with Crippen LogP contribution in [-0.2, 0) is 11.3 Å². The van der Waals surface area contributed by atoms with E-state index >= 15 is 0 Å². The van der Waals surface area contributed by atoms with Crippen LogP contribution in [0.15, 0.2) is 29.4 Å². The van der Waals surface area contributed by atoms with Gasteiger partial charge in [-0.25, -0.2) is 4.99 Å². The molecular weight excluding hydrogens is 304 g/mol. The molecule has 0 radical (unpaired) electrons. The number of nitrogens with zero attached hydrogens (tertiary/aromatic N) is 4. The zero-order chi connectivity index (χ0) is 17.2. The summed E-state index contributed by atoms with van der Waals surface area (Å²) in [6.07, 6.45) is 3.24. The number of hydrogen-bond acceptors (Lipinski definition) is 4. The van der Waals surface area contributed by atoms with Gasteiger partial charge in [-0.1, -0.05) is 19.9 Å². The first-order chi connectivity index (χ1) is 11.6. The zero-order valence-corrected chi connectivity index (χ0v) is 14.8. The van der Waals surface area contributed by atoms with Gasteiger partial charge in [-0.2, -0.15) is 0 Å². The molecule has 2 atom stereocenters. The molecule has 2 aromatic heterocycles. The van der Waals surface area contributed by atoms with Crippen LogP contribution in [0.1, 0.15) is 33.0 Å². The predicted octanol–water partition coefficient (Wildman–Crippen LogP) is 1.60. The minimum Gasteiger partial charge on any atom is -0.381 e. The van der Waals surface area contributed by atoms with Crippen LogP contribution in [0.2, 0.25) is 0 Å². The summed E-state index contributed by atoms with van der Waals surface area (Å²) >= 11 is 0. The number of hydrogen-bond donors (Lipinski definition) is 2. The zero-order valence-electron chi connectivity index (χ0n) is 14.8. The summed E-state index contributed by atoms with van der Waals surface area (Å²) in [5.74, 6) is 1.63. The maximum absolute atomic E-state index is 5.52. The van der Waals surface area contributed by atoms with Gasteiger partial charge in [-0.05, 0) is 25.5 Å². The second-order valence-corrected chi connectivity index (χ2v) is 6.72. The number of rotatable bonds is 5. The van der Waals surface area contributed by atoms with Crippen molar-refractivity contribution in [3.8, 4) is 0 Å². The summed E-state index contributed by atoms with van der Waals surface area (Å²) in [6.45, 7) is 7.79. The van der Waals surface area contributed by atoms with Crippen molar-refractivity contribution in [3.63, 3.8) is 0 Å². The fourth-order valence-corrected chi connectivity index (χ4v) is 3.16. The Labute approximate surface area is 142 Å². The molecule has 1 fully saturated rings. The van der Waals surface area contributed by atoms with Crippen LogP contribution < -0.4 is 10.6 Å². The second-order valence-electron chi connectivity index (χ2n) is 6.72. The first-order valence-electron chi connectivity index (χ1n) is 8.42. The fraction of sp³-hybridized carbons (Fsp3) is 0.588. The molecule has 2 aromatic rings. The lowest BCUT2D eigenvalue weighted by Crippen LogP contribution is -2.63. The maximum atomic E-state index is 5.52. The SMILES string of the molecule is CCNC(=NCc1nnc2ccccn12)NC1CC(OC)C1(C)C. The normalized spacial score (nSPS) is 23.1. The minimum atomic E-state index is 0.0898. The van der Waals surface area contributed by atoms with Crippen LogP contribution in [0.5, 0.6) is 0 Å². The van der Waals surface area contributed by atoms with E-state index in [1.165, 1.54) is 0 Å². The molecule has 7 heteroatoms. The molecule has 0 aliphatic heterocycles. The second kappa shape index (κ2) is 6.76. The van der Waals surface area contributed by atoms with Crippen molar-refractivity contribution in [2.45, 2.75) is 45.9 Å². The fourth-order valence-electron chi connectivity index (χ4n) is 3.16. The van der Waals surface area contributed by atoms with E-state index in [4.69, 9.17) is 4.74 Å². The lowest BCUT2D eigenvalue weighted by molar-refractivity contribution is -0.0922. The number of nitrogens with one attached hydrogen (secondary N) is 2. The van der Waals surface area contributed by atoms with Gasteiger partial charge in [0, 0.05) is 31.3 Å². The summed E-state index contributed by atoms with van der Waals surface area (Å²) in [4.78, 5) is 4.67. The lowest BCUT2D eigenvalue weighted by Gasteiger charge is -2.51. The van der Waals surface area contributed by atoms with Crippen LogP contribution in [0.4, 0.5) is 0 Å². The predicted molar refractivity (Wildman–Crippen MR) is 93.9 cm³/mol. The lowest BCUT2D eigenvalue weighted by atomic mass is 9.64. The van der Waals surface area contributed by atoms with Crippen molar-refractivity contribution in [3.05, 3.63) is 30.2 Å². The standard InChI is InChI=1S/C17H26N6O/c1-5-18-16(20-12-10-13(24-4)17(12,2)3)19-11-15-22-21-14-8-6-7-9-23(14)15/h6-9,12-13H,5,10-11H2,1-4H3,(H2,18,19,20). The van der Waals surface area contributed by atoms with Gasteiger partial charge in [0.05, 0.1) is 6.10 Å². The summed E-state index contributed by atoms with van der Waals surface area (Å²) in [7, 11) is 1.78. The molecule has 1 saturated carbocycles. The quantitative estimate of drug-likeness (QED) is 0.643. The summed E-state index contributed by atoms with van der Waals surface area (Å²) in [6, 6.07) is 6.20. The van der Waals surface area contributed by atoms with Crippen LogP contribution in [0, 0.1) is 5.41 Å². The molecule has 3 rings (SSSR count). The van der Waals surface area contributed by atoms with E-state index in [9.17, 15) is 0 Å². The van der Waals surface area contributed by atoms with Gasteiger partial charge in [0.1, 0.15) is 6.54 Å². The number of pyridine rings is 1. The van der Waals surface area contributed by atoms with Gasteiger partial charge in [0.25, 0.3) is 0 Å². The van der Waals surface area contributed by atoms with Crippen molar-refractivity contribution < 1.29 is 4.74 Å². The van der Waals surface area contributed by atoms with Crippen LogP contribution in [-0.4, -0.2) is 46.4 Å². The molecule has 0 aromatic carbocycles. The number of ether oxygens (including phenoxy) is 1. The van der Waals surface area contributed by atoms with E-state index in [0.717, 1.165) is 30.4 Å². The molecule has 0 bridgehead atoms. The van der Waals surface area contributed by atoms with E-state index in [2.05, 4.69) is 46.6 Å². The molecule has 0 amide bonds. The summed E-state index contributed by atoms with van der Waals surface area (Å²) in [5, 5.41) is 15.2. The number of guanidine groups is 1. The summed E-state index contributed by atoms with van der Waals surface area (Å²) in [5.41, 5.74) is 0.927. The Morgan fingerprint density at radius 1 is 1.42 bits per heavy atom. The Balaban J connectivity index is 1.70. The van der Waals surface area contributed by atoms with E-state index in [1.54, 1.807) is 7.11 Å². The van der Waals surface area contributed by atoms with Crippen molar-refractivity contribution in [1.82, 2.24) is 25.2 Å². The van der Waals surface area contributed by atoms with Crippen molar-refractivity contribution in [2.24, 2.45) is 10.4 Å². The van der Waals surface area contributed by atoms with Crippen LogP contribution >= 0.6 is 0 Å². The average molecular weight is 330 g/mol. The van der Waals surface area contributed by atoms with Crippen LogP contribution in [0.3, 0.4) is 0 Å². The Morgan fingerprint density at radius 3 is 2.96 bits per heavy atom. The highest BCUT2D eigenvalue weighted by Gasteiger charge is 2.48. The highest BCUT2D eigenvalue weighted by Crippen LogP contribution is 2.42. The first kappa shape index (κ1) is 16.7. The maximum Gasteiger partial charge on any atom is 0.191 e. The van der Waals surface area contributed by atoms with Crippen molar-refractivity contribution >= 4 is 11.6 Å². The largest absolute Gasteiger partial charge is 0.381 e. The monoisotopic (exact) mass is 330 g/mol. The highest BCUT2D eigenvalue weighted by molar-refractivity contribution is 5.80. The molecule has 24 heavy (non-hydrogen) atoms. The number of fused-ring (bicyclic) bond motifs is 1. The van der Waals surface area contributed by atoms with Gasteiger partial charge in [-0.15, -0.1) is 10.2 Å². The topological polar surface area (TPSA) is 75.8 Å². The van der Waals surface area contributed by atoms with E-state index in [1.807, 2.05) is 28.8 Å². The molecular formula is C17H26N6O. The number of aromatic nitrogens is 3. The summed E-state index contributed by atoms with van der Waals surface area (Å²) < 4.78 is 7.48. The Kier molecular flexibility index (Phi) is 4.71. The third-order valence-electron chi connectivity index (χ3n) is 4.88. The molecule has 130 valence electrons. The van der Waals surface area contributed by atoms with Crippen molar-refractivity contribution in [1.29, 1.82) is 0 Å². The van der Waals surface area contributed by atoms with Gasteiger partial charge in [0.15, 0.2) is 17.4 Å². The highest BCUT2D eigenvalue weighted by atomic mass is 16.5. The Bertz CT molecular complexity index is 723. The molecule has 7 nitrogen and oxygen atoms in total. The average Bonchev–Trinajstić information content (AvgIpc) is 2.99. The number of aliphatic imine (C=N–C) groups is 1. The minimum absolute atomic E-state index is 0.0898.